The number of ether oxygens (including phenoxy) is 1. The summed E-state index contributed by atoms with van der Waals surface area (Å²) in [6, 6.07) is 6.74. The molecule has 0 saturated heterocycles. The third-order valence-corrected chi connectivity index (χ3v) is 5.87. The largest absolute Gasteiger partial charge is 0.493 e. The molecule has 1 aliphatic carbocycles. The number of hydrogen-bond donors (Lipinski definition) is 1. The lowest BCUT2D eigenvalue weighted by Gasteiger charge is -2.12. The van der Waals surface area contributed by atoms with Crippen molar-refractivity contribution in [3.05, 3.63) is 47.0 Å². The number of benzene rings is 1. The normalized spacial score (nSPS) is 14.7. The summed E-state index contributed by atoms with van der Waals surface area (Å²) >= 11 is 0. The summed E-state index contributed by atoms with van der Waals surface area (Å²) in [6.45, 7) is 0.620. The summed E-state index contributed by atoms with van der Waals surface area (Å²) in [5, 5.41) is 0.745. The number of rotatable bonds is 5. The Morgan fingerprint density at radius 1 is 1.23 bits per heavy atom. The summed E-state index contributed by atoms with van der Waals surface area (Å²) in [4.78, 5) is 15.6. The van der Waals surface area contributed by atoms with Crippen molar-refractivity contribution >= 4 is 20.7 Å². The zero-order valence-electron chi connectivity index (χ0n) is 14.7. The van der Waals surface area contributed by atoms with Crippen LogP contribution in [0.1, 0.15) is 12.8 Å². The average Bonchev–Trinajstić information content (AvgIpc) is 3.33. The third-order valence-electron chi connectivity index (χ3n) is 4.76. The maximum Gasteiger partial charge on any atom is 0.274 e. The summed E-state index contributed by atoms with van der Waals surface area (Å²) in [6.07, 6.45) is 6.95. The Morgan fingerprint density at radius 2 is 2.00 bits per heavy atom. The Labute approximate surface area is 151 Å². The van der Waals surface area contributed by atoms with Crippen LogP contribution in [0, 0.1) is 5.92 Å². The number of sulfone groups is 1. The fraction of sp³-hybridized carbons (Fsp3) is 0.316. The first-order valence-electron chi connectivity index (χ1n) is 8.48. The number of hydrogen-bond acceptors (Lipinski definition) is 4. The number of aryl methyl sites for hydroxylation is 1. The minimum atomic E-state index is -3.35. The molecule has 2 heterocycles. The van der Waals surface area contributed by atoms with E-state index in [9.17, 15) is 13.2 Å². The van der Waals surface area contributed by atoms with Crippen molar-refractivity contribution in [2.24, 2.45) is 13.0 Å². The van der Waals surface area contributed by atoms with Gasteiger partial charge in [-0.15, -0.1) is 0 Å². The van der Waals surface area contributed by atoms with E-state index >= 15 is 0 Å². The molecule has 0 atom stereocenters. The standard InChI is InChI=1S/C19H20N2O4S/c1-21-8-7-14-16(10-20-18(14)19(21)22)15-9-13(26(2,23)24)5-6-17(15)25-11-12-3-4-12/h5-10,12,20H,3-4,11H2,1-2H3. The molecule has 6 nitrogen and oxygen atoms in total. The first-order valence-corrected chi connectivity index (χ1v) is 10.4. The highest BCUT2D eigenvalue weighted by atomic mass is 32.2. The molecule has 1 aromatic carbocycles. The Morgan fingerprint density at radius 3 is 2.69 bits per heavy atom. The van der Waals surface area contributed by atoms with Gasteiger partial charge < -0.3 is 14.3 Å². The molecule has 4 rings (SSSR count). The third kappa shape index (κ3) is 3.03. The zero-order chi connectivity index (χ0) is 18.5. The van der Waals surface area contributed by atoms with Gasteiger partial charge in [0.05, 0.1) is 11.5 Å². The van der Waals surface area contributed by atoms with Gasteiger partial charge in [0.15, 0.2) is 9.84 Å². The molecule has 0 amide bonds. The first-order chi connectivity index (χ1) is 12.3. The number of fused-ring (bicyclic) bond motifs is 1. The van der Waals surface area contributed by atoms with Gasteiger partial charge in [-0.05, 0) is 43.0 Å². The molecule has 3 aromatic rings. The van der Waals surface area contributed by atoms with Crippen LogP contribution in [-0.2, 0) is 16.9 Å². The van der Waals surface area contributed by atoms with Gasteiger partial charge in [0.25, 0.3) is 5.56 Å². The molecule has 7 heteroatoms. The van der Waals surface area contributed by atoms with Gasteiger partial charge in [0.1, 0.15) is 11.3 Å². The molecule has 1 N–H and O–H groups in total. The number of nitrogens with one attached hydrogen (secondary N) is 1. The van der Waals surface area contributed by atoms with Crippen LogP contribution in [0.4, 0.5) is 0 Å². The molecule has 136 valence electrons. The van der Waals surface area contributed by atoms with E-state index in [4.69, 9.17) is 4.74 Å². The maximum absolute atomic E-state index is 12.3. The van der Waals surface area contributed by atoms with Crippen molar-refractivity contribution in [3.63, 3.8) is 0 Å². The van der Waals surface area contributed by atoms with Crippen molar-refractivity contribution in [3.8, 4) is 16.9 Å². The fourth-order valence-corrected chi connectivity index (χ4v) is 3.65. The van der Waals surface area contributed by atoms with Crippen LogP contribution < -0.4 is 10.3 Å². The van der Waals surface area contributed by atoms with Crippen LogP contribution in [0.25, 0.3) is 22.0 Å². The van der Waals surface area contributed by atoms with Crippen molar-refractivity contribution in [1.82, 2.24) is 9.55 Å². The number of nitrogens with zero attached hydrogens (tertiary/aromatic N) is 1. The lowest BCUT2D eigenvalue weighted by molar-refractivity contribution is 0.301. The second-order valence-electron chi connectivity index (χ2n) is 6.91. The summed E-state index contributed by atoms with van der Waals surface area (Å²) in [7, 11) is -1.66. The Balaban J connectivity index is 1.90. The van der Waals surface area contributed by atoms with Gasteiger partial charge in [-0.3, -0.25) is 4.79 Å². The molecule has 1 fully saturated rings. The van der Waals surface area contributed by atoms with Crippen molar-refractivity contribution < 1.29 is 13.2 Å². The van der Waals surface area contributed by atoms with Crippen LogP contribution in [-0.4, -0.2) is 30.8 Å². The van der Waals surface area contributed by atoms with Crippen LogP contribution in [0.3, 0.4) is 0 Å². The topological polar surface area (TPSA) is 81.2 Å². The summed E-state index contributed by atoms with van der Waals surface area (Å²) in [5.74, 6) is 1.21. The van der Waals surface area contributed by atoms with Gasteiger partial charge in [0.2, 0.25) is 0 Å². The zero-order valence-corrected chi connectivity index (χ0v) is 15.5. The summed E-state index contributed by atoms with van der Waals surface area (Å²) in [5.41, 5.74) is 1.79. The number of aromatic nitrogens is 2. The van der Waals surface area contributed by atoms with Crippen molar-refractivity contribution in [1.29, 1.82) is 0 Å². The highest BCUT2D eigenvalue weighted by molar-refractivity contribution is 7.90. The smallest absolute Gasteiger partial charge is 0.274 e. The van der Waals surface area contributed by atoms with Crippen molar-refractivity contribution in [2.75, 3.05) is 12.9 Å². The van der Waals surface area contributed by atoms with Gasteiger partial charge in [-0.1, -0.05) is 0 Å². The fourth-order valence-electron chi connectivity index (χ4n) is 3.01. The number of aromatic amines is 1. The van der Waals surface area contributed by atoms with Crippen molar-refractivity contribution in [2.45, 2.75) is 17.7 Å². The maximum atomic E-state index is 12.3. The second-order valence-corrected chi connectivity index (χ2v) is 8.92. The van der Waals surface area contributed by atoms with E-state index in [2.05, 4.69) is 4.98 Å². The monoisotopic (exact) mass is 372 g/mol. The molecule has 26 heavy (non-hydrogen) atoms. The second kappa shape index (κ2) is 6.02. The lowest BCUT2D eigenvalue weighted by atomic mass is 10.0. The highest BCUT2D eigenvalue weighted by Crippen LogP contribution is 2.37. The van der Waals surface area contributed by atoms with E-state index in [1.54, 1.807) is 37.6 Å². The van der Waals surface area contributed by atoms with E-state index in [0.717, 1.165) is 10.9 Å². The Hall–Kier alpha value is -2.54. The van der Waals surface area contributed by atoms with E-state index in [1.165, 1.54) is 23.7 Å². The van der Waals surface area contributed by atoms with Gasteiger partial charge >= 0.3 is 0 Å². The van der Waals surface area contributed by atoms with Gasteiger partial charge in [0, 0.05) is 42.2 Å². The number of pyridine rings is 1. The highest BCUT2D eigenvalue weighted by Gasteiger charge is 2.23. The molecule has 0 aliphatic heterocycles. The van der Waals surface area contributed by atoms with Gasteiger partial charge in [-0.2, -0.15) is 0 Å². The minimum absolute atomic E-state index is 0.131. The predicted molar refractivity (Wildman–Crippen MR) is 100 cm³/mol. The predicted octanol–water partition coefficient (Wildman–Crippen LogP) is 2.73. The Bertz CT molecular complexity index is 1150. The van der Waals surface area contributed by atoms with Crippen LogP contribution in [0.15, 0.2) is 46.3 Å². The summed E-state index contributed by atoms with van der Waals surface area (Å²) < 4.78 is 31.5. The first kappa shape index (κ1) is 16.9. The molecule has 0 unspecified atom stereocenters. The van der Waals surface area contributed by atoms with E-state index < -0.39 is 9.84 Å². The van der Waals surface area contributed by atoms with Crippen LogP contribution in [0.5, 0.6) is 5.75 Å². The van der Waals surface area contributed by atoms with E-state index in [-0.39, 0.29) is 10.5 Å². The molecular formula is C19H20N2O4S. The number of H-pyrrole nitrogens is 1. The minimum Gasteiger partial charge on any atom is -0.493 e. The molecule has 1 aliphatic rings. The quantitative estimate of drug-likeness (QED) is 0.747. The molecular weight excluding hydrogens is 352 g/mol. The molecule has 0 bridgehead atoms. The van der Waals surface area contributed by atoms with E-state index in [0.29, 0.717) is 29.4 Å². The SMILES string of the molecule is Cn1ccc2c(-c3cc(S(C)(=O)=O)ccc3OCC3CC3)c[nH]c2c1=O. The lowest BCUT2D eigenvalue weighted by Crippen LogP contribution is -2.15. The average molecular weight is 372 g/mol. The van der Waals surface area contributed by atoms with Crippen LogP contribution in [0.2, 0.25) is 0 Å². The molecule has 0 radical (unpaired) electrons. The van der Waals surface area contributed by atoms with E-state index in [1.807, 2.05) is 6.07 Å². The molecule has 2 aromatic heterocycles. The van der Waals surface area contributed by atoms with Crippen LogP contribution >= 0.6 is 0 Å². The Kier molecular flexibility index (Phi) is 3.91. The van der Waals surface area contributed by atoms with Gasteiger partial charge in [-0.25, -0.2) is 8.42 Å². The molecule has 1 saturated carbocycles. The molecule has 0 spiro atoms.